The van der Waals surface area contributed by atoms with Gasteiger partial charge in [0.15, 0.2) is 0 Å². The maximum Gasteiger partial charge on any atom is 0.267 e. The van der Waals surface area contributed by atoms with Crippen LogP contribution >= 0.6 is 0 Å². The first kappa shape index (κ1) is 20.3. The molecule has 0 spiro atoms. The number of carbonyl (C=O) groups is 2. The lowest BCUT2D eigenvalue weighted by Gasteiger charge is -2.31. The molecule has 3 N–H and O–H groups in total. The number of hydrogen-bond acceptors (Lipinski definition) is 5. The number of para-hydroxylation sites is 1. The molecule has 28 heavy (non-hydrogen) atoms. The average molecular weight is 386 g/mol. The molecule has 2 amide bonds. The van der Waals surface area contributed by atoms with Crippen molar-refractivity contribution in [2.24, 2.45) is 10.8 Å². The molecule has 1 fully saturated rings. The van der Waals surface area contributed by atoms with Gasteiger partial charge in [-0.3, -0.25) is 14.6 Å². The summed E-state index contributed by atoms with van der Waals surface area (Å²) in [6, 6.07) is 9.37. The zero-order valence-corrected chi connectivity index (χ0v) is 16.6. The van der Waals surface area contributed by atoms with Crippen molar-refractivity contribution in [3.63, 3.8) is 0 Å². The summed E-state index contributed by atoms with van der Waals surface area (Å²) in [6.45, 7) is 1.57. The highest BCUT2D eigenvalue weighted by atomic mass is 16.2. The predicted octanol–water partition coefficient (Wildman–Crippen LogP) is 1.88. The van der Waals surface area contributed by atoms with Crippen molar-refractivity contribution in [1.29, 1.82) is 0 Å². The molecule has 0 aromatic heterocycles. The molecule has 0 saturated heterocycles. The van der Waals surface area contributed by atoms with Crippen LogP contribution in [0, 0.1) is 0 Å². The van der Waals surface area contributed by atoms with E-state index in [0.29, 0.717) is 18.3 Å². The maximum atomic E-state index is 12.5. The van der Waals surface area contributed by atoms with Crippen LogP contribution in [0.15, 0.2) is 35.4 Å². The third kappa shape index (κ3) is 5.10. The number of primary amides is 1. The molecule has 3 rings (SSSR count). The Kier molecular flexibility index (Phi) is 7.03. The van der Waals surface area contributed by atoms with Gasteiger partial charge < -0.3 is 16.0 Å². The van der Waals surface area contributed by atoms with Gasteiger partial charge in [0.2, 0.25) is 5.91 Å². The fraction of sp³-hybridized carbons (Fsp3) is 0.571. The summed E-state index contributed by atoms with van der Waals surface area (Å²) in [7, 11) is 2.17. The average Bonchev–Trinajstić information content (AvgIpc) is 3.18. The van der Waals surface area contributed by atoms with Crippen LogP contribution in [0.4, 0.5) is 5.69 Å². The van der Waals surface area contributed by atoms with E-state index in [1.165, 1.54) is 32.1 Å². The Morgan fingerprint density at radius 3 is 2.61 bits per heavy atom. The quantitative estimate of drug-likeness (QED) is 0.669. The molecular formula is C21H31N5O2. The summed E-state index contributed by atoms with van der Waals surface area (Å²) in [4.78, 5) is 26.7. The number of rotatable bonds is 8. The minimum atomic E-state index is -0.624. The molecule has 7 nitrogen and oxygen atoms in total. The largest absolute Gasteiger partial charge is 0.368 e. The highest BCUT2D eigenvalue weighted by Gasteiger charge is 2.34. The van der Waals surface area contributed by atoms with Gasteiger partial charge in [-0.05, 0) is 45.0 Å². The van der Waals surface area contributed by atoms with Crippen LogP contribution in [0.5, 0.6) is 0 Å². The monoisotopic (exact) mass is 385 g/mol. The normalized spacial score (nSPS) is 20.3. The zero-order valence-electron chi connectivity index (χ0n) is 16.6. The molecule has 1 heterocycles. The first-order valence-electron chi connectivity index (χ1n) is 10.3. The minimum absolute atomic E-state index is 0.218. The van der Waals surface area contributed by atoms with E-state index in [9.17, 15) is 9.59 Å². The van der Waals surface area contributed by atoms with Gasteiger partial charge >= 0.3 is 0 Å². The minimum Gasteiger partial charge on any atom is -0.368 e. The summed E-state index contributed by atoms with van der Waals surface area (Å²) < 4.78 is 0. The number of hydrogen-bond donors (Lipinski definition) is 2. The smallest absolute Gasteiger partial charge is 0.267 e. The van der Waals surface area contributed by atoms with Gasteiger partial charge in [-0.1, -0.05) is 37.5 Å². The van der Waals surface area contributed by atoms with Crippen LogP contribution in [0.1, 0.15) is 44.9 Å². The van der Waals surface area contributed by atoms with Crippen LogP contribution in [0.3, 0.4) is 0 Å². The van der Waals surface area contributed by atoms with Crippen molar-refractivity contribution in [2.75, 3.05) is 25.1 Å². The molecule has 2 aliphatic rings. The van der Waals surface area contributed by atoms with E-state index in [1.54, 1.807) is 5.01 Å². The van der Waals surface area contributed by atoms with E-state index in [4.69, 9.17) is 5.73 Å². The molecule has 1 aliphatic heterocycles. The molecule has 1 aromatic carbocycles. The first-order chi connectivity index (χ1) is 13.6. The third-order valence-electron chi connectivity index (χ3n) is 5.69. The highest BCUT2D eigenvalue weighted by Crippen LogP contribution is 2.24. The van der Waals surface area contributed by atoms with Crippen molar-refractivity contribution in [3.05, 3.63) is 30.3 Å². The fourth-order valence-corrected chi connectivity index (χ4v) is 4.02. The Labute approximate surface area is 166 Å². The number of amides is 2. The molecule has 7 heteroatoms. The fourth-order valence-electron chi connectivity index (χ4n) is 4.02. The van der Waals surface area contributed by atoms with Gasteiger partial charge in [0.05, 0.1) is 5.69 Å². The molecule has 1 atom stereocenters. The summed E-state index contributed by atoms with van der Waals surface area (Å²) in [6.07, 6.45) is 7.70. The Balaban J connectivity index is 1.49. The van der Waals surface area contributed by atoms with Crippen LogP contribution < -0.4 is 16.1 Å². The van der Waals surface area contributed by atoms with Crippen molar-refractivity contribution in [2.45, 2.75) is 57.0 Å². The SMILES string of the molecule is CN(CCCNC(=O)C1=NN(c2ccccc2)C(C(N)=O)C1)C1CCCCC1. The summed E-state index contributed by atoms with van der Waals surface area (Å²) in [5.41, 5.74) is 6.63. The first-order valence-corrected chi connectivity index (χ1v) is 10.3. The molecule has 1 aliphatic carbocycles. The van der Waals surface area contributed by atoms with E-state index in [0.717, 1.165) is 18.7 Å². The summed E-state index contributed by atoms with van der Waals surface area (Å²) in [5, 5.41) is 8.86. The molecule has 152 valence electrons. The number of nitrogens with one attached hydrogen (secondary N) is 1. The van der Waals surface area contributed by atoms with E-state index in [2.05, 4.69) is 22.4 Å². The highest BCUT2D eigenvalue weighted by molar-refractivity contribution is 6.40. The van der Waals surface area contributed by atoms with Gasteiger partial charge in [-0.15, -0.1) is 0 Å². The van der Waals surface area contributed by atoms with Crippen LogP contribution in [0.25, 0.3) is 0 Å². The van der Waals surface area contributed by atoms with Crippen molar-refractivity contribution in [3.8, 4) is 0 Å². The lowest BCUT2D eigenvalue weighted by molar-refractivity contribution is -0.119. The standard InChI is InChI=1S/C21H31N5O2/c1-25(16-9-4-2-5-10-16)14-8-13-23-21(28)18-15-19(20(22)27)26(24-18)17-11-6-3-7-12-17/h3,6-7,11-12,16,19H,2,4-5,8-10,13-15H2,1H3,(H2,22,27)(H,23,28). The second-order valence-corrected chi connectivity index (χ2v) is 7.73. The third-order valence-corrected chi connectivity index (χ3v) is 5.69. The number of anilines is 1. The van der Waals surface area contributed by atoms with Crippen molar-refractivity contribution < 1.29 is 9.59 Å². The Morgan fingerprint density at radius 1 is 1.21 bits per heavy atom. The zero-order chi connectivity index (χ0) is 19.9. The number of benzene rings is 1. The van der Waals surface area contributed by atoms with Crippen molar-refractivity contribution in [1.82, 2.24) is 10.2 Å². The molecule has 1 unspecified atom stereocenters. The summed E-state index contributed by atoms with van der Waals surface area (Å²) in [5.74, 6) is -0.700. The number of carbonyl (C=O) groups excluding carboxylic acids is 2. The van der Waals surface area contributed by atoms with E-state index < -0.39 is 11.9 Å². The molecular weight excluding hydrogens is 354 g/mol. The van der Waals surface area contributed by atoms with Gasteiger partial charge in [0.1, 0.15) is 11.8 Å². The molecule has 0 radical (unpaired) electrons. The second kappa shape index (κ2) is 9.68. The van der Waals surface area contributed by atoms with Gasteiger partial charge in [-0.2, -0.15) is 5.10 Å². The van der Waals surface area contributed by atoms with E-state index in [1.807, 2.05) is 30.3 Å². The Hall–Kier alpha value is -2.41. The van der Waals surface area contributed by atoms with Gasteiger partial charge in [0.25, 0.3) is 5.91 Å². The topological polar surface area (TPSA) is 91.0 Å². The van der Waals surface area contributed by atoms with Gasteiger partial charge in [-0.25, -0.2) is 0 Å². The number of nitrogens with zero attached hydrogens (tertiary/aromatic N) is 3. The van der Waals surface area contributed by atoms with Crippen molar-refractivity contribution >= 4 is 23.2 Å². The van der Waals surface area contributed by atoms with E-state index in [-0.39, 0.29) is 12.3 Å². The van der Waals surface area contributed by atoms with Crippen LogP contribution in [-0.4, -0.2) is 54.6 Å². The second-order valence-electron chi connectivity index (χ2n) is 7.73. The number of hydrazone groups is 1. The van der Waals surface area contributed by atoms with Gasteiger partial charge in [0, 0.05) is 19.0 Å². The Morgan fingerprint density at radius 2 is 1.93 bits per heavy atom. The lowest BCUT2D eigenvalue weighted by Crippen LogP contribution is -2.40. The predicted molar refractivity (Wildman–Crippen MR) is 111 cm³/mol. The number of nitrogens with two attached hydrogens (primary N) is 1. The van der Waals surface area contributed by atoms with E-state index >= 15 is 0 Å². The molecule has 0 bridgehead atoms. The van der Waals surface area contributed by atoms with Crippen LogP contribution in [-0.2, 0) is 9.59 Å². The molecule has 1 aromatic rings. The lowest BCUT2D eigenvalue weighted by atomic mass is 9.94. The van der Waals surface area contributed by atoms with Crippen LogP contribution in [0.2, 0.25) is 0 Å². The Bertz CT molecular complexity index is 700. The summed E-state index contributed by atoms with van der Waals surface area (Å²) >= 11 is 0. The maximum absolute atomic E-state index is 12.5. The molecule has 1 saturated carbocycles.